The van der Waals surface area contributed by atoms with Gasteiger partial charge in [0.2, 0.25) is 0 Å². The number of aryl methyl sites for hydroxylation is 1. The molecule has 3 heteroatoms. The molecule has 0 aliphatic rings. The molecule has 0 amide bonds. The Hall–Kier alpha value is -1.35. The van der Waals surface area contributed by atoms with Crippen LogP contribution in [0.2, 0.25) is 5.02 Å². The molecule has 2 rings (SSSR count). The highest BCUT2D eigenvalue weighted by atomic mass is 35.5. The third-order valence-corrected chi connectivity index (χ3v) is 3.88. The third kappa shape index (κ3) is 4.57. The van der Waals surface area contributed by atoms with Gasteiger partial charge in [0.25, 0.3) is 0 Å². The smallest absolute Gasteiger partial charge is 0.0956 e. The Bertz CT molecular complexity index is 571. The molecule has 0 bridgehead atoms. The highest BCUT2D eigenvalue weighted by molar-refractivity contribution is 6.31. The van der Waals surface area contributed by atoms with Gasteiger partial charge in [0, 0.05) is 11.6 Å². The Labute approximate surface area is 132 Å². The summed E-state index contributed by atoms with van der Waals surface area (Å²) in [5, 5.41) is 4.12. The highest BCUT2D eigenvalue weighted by Gasteiger charge is 2.14. The van der Waals surface area contributed by atoms with E-state index in [1.807, 2.05) is 24.3 Å². The van der Waals surface area contributed by atoms with Gasteiger partial charge in [0.1, 0.15) is 0 Å². The molecule has 1 atom stereocenters. The number of hydrogen-bond donors (Lipinski definition) is 1. The van der Waals surface area contributed by atoms with E-state index in [0.717, 1.165) is 23.7 Å². The van der Waals surface area contributed by atoms with E-state index in [4.69, 9.17) is 16.3 Å². The maximum absolute atomic E-state index is 6.19. The van der Waals surface area contributed by atoms with Crippen molar-refractivity contribution in [3.63, 3.8) is 0 Å². The standard InChI is InChI=1S/C18H22ClNO/c1-3-20-12-18(16-10-6-4-8-14(16)2)21-13-15-9-5-7-11-17(15)19/h4-11,18,20H,3,12-13H2,1-2H3. The minimum absolute atomic E-state index is 0.0300. The summed E-state index contributed by atoms with van der Waals surface area (Å²) < 4.78 is 6.13. The monoisotopic (exact) mass is 303 g/mol. The number of hydrogen-bond acceptors (Lipinski definition) is 2. The van der Waals surface area contributed by atoms with Gasteiger partial charge in [-0.05, 0) is 36.2 Å². The lowest BCUT2D eigenvalue weighted by Gasteiger charge is -2.21. The zero-order chi connectivity index (χ0) is 15.1. The molecule has 0 aromatic heterocycles. The first-order valence-electron chi connectivity index (χ1n) is 7.33. The van der Waals surface area contributed by atoms with Gasteiger partial charge >= 0.3 is 0 Å². The number of ether oxygens (including phenoxy) is 1. The van der Waals surface area contributed by atoms with E-state index in [-0.39, 0.29) is 6.10 Å². The highest BCUT2D eigenvalue weighted by Crippen LogP contribution is 2.24. The van der Waals surface area contributed by atoms with Gasteiger partial charge in [-0.1, -0.05) is 61.0 Å². The zero-order valence-electron chi connectivity index (χ0n) is 12.6. The van der Waals surface area contributed by atoms with Crippen LogP contribution in [-0.2, 0) is 11.3 Å². The number of benzene rings is 2. The van der Waals surface area contributed by atoms with Crippen molar-refractivity contribution in [3.05, 3.63) is 70.2 Å². The SMILES string of the molecule is CCNCC(OCc1ccccc1Cl)c1ccccc1C. The lowest BCUT2D eigenvalue weighted by Crippen LogP contribution is -2.23. The van der Waals surface area contributed by atoms with E-state index < -0.39 is 0 Å². The van der Waals surface area contributed by atoms with Gasteiger partial charge in [-0.2, -0.15) is 0 Å². The molecular formula is C18H22ClNO. The van der Waals surface area contributed by atoms with Crippen molar-refractivity contribution in [2.75, 3.05) is 13.1 Å². The summed E-state index contributed by atoms with van der Waals surface area (Å²) in [4.78, 5) is 0. The molecule has 2 aromatic carbocycles. The summed E-state index contributed by atoms with van der Waals surface area (Å²) in [6, 6.07) is 16.2. The van der Waals surface area contributed by atoms with Gasteiger partial charge in [-0.15, -0.1) is 0 Å². The van der Waals surface area contributed by atoms with Crippen LogP contribution in [0.5, 0.6) is 0 Å². The molecular weight excluding hydrogens is 282 g/mol. The Morgan fingerprint density at radius 2 is 1.81 bits per heavy atom. The average molecular weight is 304 g/mol. The van der Waals surface area contributed by atoms with E-state index in [1.54, 1.807) is 0 Å². The molecule has 0 spiro atoms. The van der Waals surface area contributed by atoms with E-state index in [2.05, 4.69) is 43.4 Å². The molecule has 0 aliphatic heterocycles. The molecule has 1 N–H and O–H groups in total. The van der Waals surface area contributed by atoms with Crippen LogP contribution in [0.4, 0.5) is 0 Å². The van der Waals surface area contributed by atoms with Gasteiger partial charge in [-0.25, -0.2) is 0 Å². The lowest BCUT2D eigenvalue weighted by molar-refractivity contribution is 0.0398. The summed E-state index contributed by atoms with van der Waals surface area (Å²) in [6.07, 6.45) is 0.0300. The molecule has 0 saturated heterocycles. The van der Waals surface area contributed by atoms with Crippen molar-refractivity contribution in [1.82, 2.24) is 5.32 Å². The lowest BCUT2D eigenvalue weighted by atomic mass is 10.0. The van der Waals surface area contributed by atoms with Crippen LogP contribution >= 0.6 is 11.6 Å². The Morgan fingerprint density at radius 3 is 2.52 bits per heavy atom. The van der Waals surface area contributed by atoms with Crippen LogP contribution in [0.1, 0.15) is 29.7 Å². The summed E-state index contributed by atoms with van der Waals surface area (Å²) in [6.45, 7) is 6.46. The van der Waals surface area contributed by atoms with Gasteiger partial charge in [-0.3, -0.25) is 0 Å². The average Bonchev–Trinajstić information content (AvgIpc) is 2.50. The van der Waals surface area contributed by atoms with Crippen LogP contribution < -0.4 is 5.32 Å². The second-order valence-electron chi connectivity index (χ2n) is 5.06. The van der Waals surface area contributed by atoms with Crippen molar-refractivity contribution in [2.24, 2.45) is 0 Å². The molecule has 0 saturated carbocycles. The predicted molar refractivity (Wildman–Crippen MR) is 88.7 cm³/mol. The quantitative estimate of drug-likeness (QED) is 0.812. The van der Waals surface area contributed by atoms with Crippen molar-refractivity contribution in [3.8, 4) is 0 Å². The molecule has 2 nitrogen and oxygen atoms in total. The van der Waals surface area contributed by atoms with E-state index >= 15 is 0 Å². The van der Waals surface area contributed by atoms with E-state index in [0.29, 0.717) is 6.61 Å². The van der Waals surface area contributed by atoms with Crippen LogP contribution in [0.25, 0.3) is 0 Å². The predicted octanol–water partition coefficient (Wildman–Crippen LogP) is 4.52. The fourth-order valence-electron chi connectivity index (χ4n) is 2.29. The summed E-state index contributed by atoms with van der Waals surface area (Å²) in [7, 11) is 0. The second-order valence-corrected chi connectivity index (χ2v) is 5.46. The van der Waals surface area contributed by atoms with Crippen molar-refractivity contribution >= 4 is 11.6 Å². The maximum atomic E-state index is 6.19. The summed E-state index contributed by atoms with van der Waals surface area (Å²) in [5.74, 6) is 0. The van der Waals surface area contributed by atoms with E-state index in [9.17, 15) is 0 Å². The van der Waals surface area contributed by atoms with Gasteiger partial charge < -0.3 is 10.1 Å². The zero-order valence-corrected chi connectivity index (χ0v) is 13.4. The Kier molecular flexibility index (Phi) is 6.24. The van der Waals surface area contributed by atoms with Crippen molar-refractivity contribution in [1.29, 1.82) is 0 Å². The number of likely N-dealkylation sites (N-methyl/N-ethyl adjacent to an activating group) is 1. The van der Waals surface area contributed by atoms with Crippen molar-refractivity contribution < 1.29 is 4.74 Å². The molecule has 0 fully saturated rings. The topological polar surface area (TPSA) is 21.3 Å². The second kappa shape index (κ2) is 8.18. The molecule has 0 radical (unpaired) electrons. The normalized spacial score (nSPS) is 12.3. The van der Waals surface area contributed by atoms with Crippen LogP contribution in [0.15, 0.2) is 48.5 Å². The van der Waals surface area contributed by atoms with Crippen LogP contribution in [-0.4, -0.2) is 13.1 Å². The van der Waals surface area contributed by atoms with Gasteiger partial charge in [0.05, 0.1) is 12.7 Å². The summed E-state index contributed by atoms with van der Waals surface area (Å²) in [5.41, 5.74) is 3.50. The van der Waals surface area contributed by atoms with E-state index in [1.165, 1.54) is 11.1 Å². The third-order valence-electron chi connectivity index (χ3n) is 3.51. The molecule has 1 unspecified atom stereocenters. The minimum Gasteiger partial charge on any atom is -0.367 e. The maximum Gasteiger partial charge on any atom is 0.0956 e. The number of nitrogens with one attached hydrogen (secondary N) is 1. The van der Waals surface area contributed by atoms with Gasteiger partial charge in [0.15, 0.2) is 0 Å². The first-order chi connectivity index (χ1) is 10.2. The molecule has 21 heavy (non-hydrogen) atoms. The number of halogens is 1. The molecule has 112 valence electrons. The number of rotatable bonds is 7. The first-order valence-corrected chi connectivity index (χ1v) is 7.71. The largest absolute Gasteiger partial charge is 0.367 e. The Balaban J connectivity index is 2.10. The molecule has 0 heterocycles. The van der Waals surface area contributed by atoms with Crippen LogP contribution in [0.3, 0.4) is 0 Å². The van der Waals surface area contributed by atoms with Crippen LogP contribution in [0, 0.1) is 6.92 Å². The van der Waals surface area contributed by atoms with Crippen molar-refractivity contribution in [2.45, 2.75) is 26.6 Å². The molecule has 2 aromatic rings. The summed E-state index contributed by atoms with van der Waals surface area (Å²) >= 11 is 6.19. The fourth-order valence-corrected chi connectivity index (χ4v) is 2.48. The first kappa shape index (κ1) is 16.0. The minimum atomic E-state index is 0.0300. The fraction of sp³-hybridized carbons (Fsp3) is 0.333. The molecule has 0 aliphatic carbocycles. The Morgan fingerprint density at radius 1 is 1.10 bits per heavy atom.